The summed E-state index contributed by atoms with van der Waals surface area (Å²) in [6, 6.07) is 0.00792. The summed E-state index contributed by atoms with van der Waals surface area (Å²) in [5.41, 5.74) is 5.72. The summed E-state index contributed by atoms with van der Waals surface area (Å²) in [6.07, 6.45) is 1.88. The van der Waals surface area contributed by atoms with Crippen molar-refractivity contribution in [3.05, 3.63) is 0 Å². The number of hydrogen-bond donors (Lipinski definition) is 3. The molecule has 1 aliphatic rings. The van der Waals surface area contributed by atoms with Gasteiger partial charge in [-0.25, -0.2) is 4.72 Å². The molecule has 4 N–H and O–H groups in total. The van der Waals surface area contributed by atoms with Crippen LogP contribution in [0.2, 0.25) is 0 Å². The lowest BCUT2D eigenvalue weighted by molar-refractivity contribution is 0.479. The highest BCUT2D eigenvalue weighted by Crippen LogP contribution is 2.19. The van der Waals surface area contributed by atoms with Crippen LogP contribution in [-0.2, 0) is 10.2 Å². The van der Waals surface area contributed by atoms with Gasteiger partial charge < -0.3 is 5.73 Å². The zero-order valence-corrected chi connectivity index (χ0v) is 9.47. The molecule has 0 radical (unpaired) electrons. The predicted molar refractivity (Wildman–Crippen MR) is 55.9 cm³/mol. The topological polar surface area (TPSA) is 84.2 Å². The highest BCUT2D eigenvalue weighted by molar-refractivity contribution is 7.87. The minimum absolute atomic E-state index is 0.134. The van der Waals surface area contributed by atoms with Crippen molar-refractivity contribution >= 4 is 10.2 Å². The van der Waals surface area contributed by atoms with Crippen molar-refractivity contribution in [1.29, 1.82) is 0 Å². The molecule has 1 unspecified atom stereocenters. The Kier molecular flexibility index (Phi) is 3.88. The van der Waals surface area contributed by atoms with Crippen molar-refractivity contribution in [3.63, 3.8) is 0 Å². The van der Waals surface area contributed by atoms with Crippen LogP contribution in [-0.4, -0.2) is 27.0 Å². The number of rotatable bonds is 6. The molecule has 1 saturated carbocycles. The van der Waals surface area contributed by atoms with Crippen molar-refractivity contribution in [2.75, 3.05) is 6.54 Å². The number of nitrogens with one attached hydrogen (secondary N) is 2. The van der Waals surface area contributed by atoms with E-state index in [0.29, 0.717) is 6.54 Å². The van der Waals surface area contributed by atoms with Crippen LogP contribution >= 0.6 is 0 Å². The number of hydrogen-bond acceptors (Lipinski definition) is 3. The summed E-state index contributed by atoms with van der Waals surface area (Å²) in [6.45, 7) is 4.22. The maximum atomic E-state index is 11.3. The van der Waals surface area contributed by atoms with Crippen LogP contribution in [0.5, 0.6) is 0 Å². The molecule has 0 aromatic rings. The minimum atomic E-state index is -3.33. The highest BCUT2D eigenvalue weighted by Gasteiger charge is 2.26. The predicted octanol–water partition coefficient (Wildman–Crippen LogP) is -0.444. The van der Waals surface area contributed by atoms with Crippen LogP contribution in [0, 0.1) is 5.92 Å². The van der Waals surface area contributed by atoms with Gasteiger partial charge >= 0.3 is 0 Å². The third kappa shape index (κ3) is 4.36. The Hall–Kier alpha value is -0.170. The minimum Gasteiger partial charge on any atom is -0.326 e. The van der Waals surface area contributed by atoms with E-state index in [0.717, 1.165) is 12.8 Å². The third-order valence-corrected chi connectivity index (χ3v) is 3.45. The molecule has 5 nitrogen and oxygen atoms in total. The van der Waals surface area contributed by atoms with Crippen molar-refractivity contribution in [2.45, 2.75) is 38.8 Å². The van der Waals surface area contributed by atoms with Crippen LogP contribution in [0.1, 0.15) is 26.7 Å². The SMILES string of the molecule is CC(C)C(N)CNS(=O)(=O)NC1CC1. The largest absolute Gasteiger partial charge is 0.326 e. The Morgan fingerprint density at radius 3 is 2.43 bits per heavy atom. The van der Waals surface area contributed by atoms with Gasteiger partial charge in [0.1, 0.15) is 0 Å². The van der Waals surface area contributed by atoms with Crippen molar-refractivity contribution in [2.24, 2.45) is 11.7 Å². The van der Waals surface area contributed by atoms with E-state index in [1.165, 1.54) is 0 Å². The van der Waals surface area contributed by atoms with Crippen LogP contribution in [0.4, 0.5) is 0 Å². The van der Waals surface area contributed by atoms with E-state index in [9.17, 15) is 8.42 Å². The van der Waals surface area contributed by atoms with Crippen LogP contribution in [0.25, 0.3) is 0 Å². The van der Waals surface area contributed by atoms with Crippen molar-refractivity contribution in [1.82, 2.24) is 9.44 Å². The molecule has 14 heavy (non-hydrogen) atoms. The highest BCUT2D eigenvalue weighted by atomic mass is 32.2. The smallest absolute Gasteiger partial charge is 0.277 e. The first-order valence-corrected chi connectivity index (χ1v) is 6.41. The third-order valence-electron chi connectivity index (χ3n) is 2.26. The monoisotopic (exact) mass is 221 g/mol. The first-order valence-electron chi connectivity index (χ1n) is 4.93. The van der Waals surface area contributed by atoms with Gasteiger partial charge in [0.25, 0.3) is 10.2 Å². The molecule has 0 saturated heterocycles. The van der Waals surface area contributed by atoms with Crippen LogP contribution in [0.15, 0.2) is 0 Å². The molecule has 1 aliphatic carbocycles. The van der Waals surface area contributed by atoms with E-state index >= 15 is 0 Å². The summed E-state index contributed by atoms with van der Waals surface area (Å²) in [7, 11) is -3.33. The summed E-state index contributed by atoms with van der Waals surface area (Å²) in [4.78, 5) is 0. The maximum Gasteiger partial charge on any atom is 0.277 e. The van der Waals surface area contributed by atoms with Crippen LogP contribution in [0.3, 0.4) is 0 Å². The van der Waals surface area contributed by atoms with E-state index in [1.54, 1.807) is 0 Å². The second kappa shape index (κ2) is 4.57. The van der Waals surface area contributed by atoms with E-state index in [2.05, 4.69) is 9.44 Å². The summed E-state index contributed by atoms with van der Waals surface area (Å²) in [5.74, 6) is 0.277. The molecule has 6 heteroatoms. The first-order chi connectivity index (χ1) is 6.41. The second-order valence-electron chi connectivity index (χ2n) is 4.15. The molecule has 0 aromatic heterocycles. The summed E-state index contributed by atoms with van der Waals surface area (Å²) < 4.78 is 27.6. The lowest BCUT2D eigenvalue weighted by atomic mass is 10.1. The second-order valence-corrected chi connectivity index (χ2v) is 5.68. The fraction of sp³-hybridized carbons (Fsp3) is 1.00. The Labute approximate surface area is 85.6 Å². The van der Waals surface area contributed by atoms with Gasteiger partial charge in [0, 0.05) is 18.6 Å². The van der Waals surface area contributed by atoms with Gasteiger partial charge in [0.05, 0.1) is 0 Å². The van der Waals surface area contributed by atoms with Crippen LogP contribution < -0.4 is 15.2 Å². The molecule has 0 aliphatic heterocycles. The quantitative estimate of drug-likeness (QED) is 0.568. The molecule has 0 amide bonds. The Balaban J connectivity index is 2.28. The molecule has 1 atom stereocenters. The average molecular weight is 221 g/mol. The van der Waals surface area contributed by atoms with Gasteiger partial charge in [-0.05, 0) is 18.8 Å². The summed E-state index contributed by atoms with van der Waals surface area (Å²) in [5, 5.41) is 0. The first kappa shape index (κ1) is 11.9. The molecule has 0 heterocycles. The fourth-order valence-corrected chi connectivity index (χ4v) is 2.07. The van der Waals surface area contributed by atoms with Gasteiger partial charge in [0.2, 0.25) is 0 Å². The van der Waals surface area contributed by atoms with E-state index in [4.69, 9.17) is 5.73 Å². The van der Waals surface area contributed by atoms with Gasteiger partial charge in [-0.3, -0.25) is 0 Å². The fourth-order valence-electron chi connectivity index (χ4n) is 0.904. The Bertz CT molecular complexity index is 272. The van der Waals surface area contributed by atoms with E-state index < -0.39 is 10.2 Å². The van der Waals surface area contributed by atoms with Gasteiger partial charge in [-0.2, -0.15) is 13.1 Å². The normalized spacial score (nSPS) is 20.0. The van der Waals surface area contributed by atoms with Crippen molar-refractivity contribution in [3.8, 4) is 0 Å². The zero-order valence-electron chi connectivity index (χ0n) is 8.66. The molecular weight excluding hydrogens is 202 g/mol. The standard InChI is InChI=1S/C8H19N3O2S/c1-6(2)8(9)5-10-14(12,13)11-7-3-4-7/h6-8,10-11H,3-5,9H2,1-2H3. The number of nitrogens with two attached hydrogens (primary N) is 1. The Morgan fingerprint density at radius 1 is 1.43 bits per heavy atom. The molecule has 84 valence electrons. The van der Waals surface area contributed by atoms with Crippen molar-refractivity contribution < 1.29 is 8.42 Å². The lowest BCUT2D eigenvalue weighted by Crippen LogP contribution is -2.45. The zero-order chi connectivity index (χ0) is 10.8. The lowest BCUT2D eigenvalue weighted by Gasteiger charge is -2.16. The Morgan fingerprint density at radius 2 is 2.00 bits per heavy atom. The molecule has 1 rings (SSSR count). The molecular formula is C8H19N3O2S. The van der Waals surface area contributed by atoms with Gasteiger partial charge in [0.15, 0.2) is 0 Å². The van der Waals surface area contributed by atoms with Gasteiger partial charge in [-0.1, -0.05) is 13.8 Å². The maximum absolute atomic E-state index is 11.3. The van der Waals surface area contributed by atoms with Gasteiger partial charge in [-0.15, -0.1) is 0 Å². The summed E-state index contributed by atoms with van der Waals surface area (Å²) >= 11 is 0. The molecule has 1 fully saturated rings. The molecule has 0 aromatic carbocycles. The molecule has 0 bridgehead atoms. The molecule has 0 spiro atoms. The van der Waals surface area contributed by atoms with E-state index in [-0.39, 0.29) is 18.0 Å². The average Bonchev–Trinajstić information content (AvgIpc) is 2.83. The van der Waals surface area contributed by atoms with E-state index in [1.807, 2.05) is 13.8 Å².